The number of hydrogen-bond acceptors (Lipinski definition) is 4. The average Bonchev–Trinajstić information content (AvgIpc) is 2.80. The lowest BCUT2D eigenvalue weighted by Crippen LogP contribution is -2.47. The van der Waals surface area contributed by atoms with Crippen molar-refractivity contribution in [3.05, 3.63) is 65.7 Å². The van der Waals surface area contributed by atoms with Gasteiger partial charge in [0, 0.05) is 32.7 Å². The van der Waals surface area contributed by atoms with Gasteiger partial charge in [0.2, 0.25) is 0 Å². The molecule has 6 heteroatoms. The fraction of sp³-hybridized carbons (Fsp3) is 0.500. The molecule has 32 heavy (non-hydrogen) atoms. The lowest BCUT2D eigenvalue weighted by molar-refractivity contribution is 0.114. The third-order valence-corrected chi connectivity index (χ3v) is 6.54. The zero-order chi connectivity index (χ0) is 23.0. The maximum atomic E-state index is 13.4. The molecule has 4 nitrogen and oxygen atoms in total. The lowest BCUT2D eigenvalue weighted by atomic mass is 9.70. The van der Waals surface area contributed by atoms with E-state index in [9.17, 15) is 14.0 Å². The second-order valence-corrected chi connectivity index (χ2v) is 8.83. The van der Waals surface area contributed by atoms with E-state index >= 15 is 0 Å². The molecule has 1 aliphatic heterocycles. The molecule has 0 aromatic heterocycles. The van der Waals surface area contributed by atoms with E-state index in [4.69, 9.17) is 4.74 Å². The Labute approximate surface area is 190 Å². The first-order valence-electron chi connectivity index (χ1n) is 11.4. The molecule has 0 N–H and O–H groups in total. The first-order chi connectivity index (χ1) is 15.4. The summed E-state index contributed by atoms with van der Waals surface area (Å²) in [7, 11) is 0. The zero-order valence-electron chi connectivity index (χ0n) is 19.1. The molecular formula is C26H33F2N3O. The van der Waals surface area contributed by atoms with E-state index in [1.807, 2.05) is 0 Å². The number of hydrogen-bond donors (Lipinski definition) is 0. The lowest BCUT2D eigenvalue weighted by Gasteiger charge is -2.36. The molecule has 0 bridgehead atoms. The van der Waals surface area contributed by atoms with Gasteiger partial charge in [-0.05, 0) is 67.3 Å². The fourth-order valence-corrected chi connectivity index (χ4v) is 4.40. The second-order valence-electron chi connectivity index (χ2n) is 8.83. The van der Waals surface area contributed by atoms with Crippen molar-refractivity contribution in [2.24, 2.45) is 5.92 Å². The molecule has 0 radical (unpaired) electrons. The van der Waals surface area contributed by atoms with Crippen LogP contribution in [-0.4, -0.2) is 55.7 Å². The molecule has 172 valence electrons. The van der Waals surface area contributed by atoms with Gasteiger partial charge in [-0.1, -0.05) is 26.0 Å². The highest BCUT2D eigenvalue weighted by atomic mass is 19.1. The highest BCUT2D eigenvalue weighted by Gasteiger charge is 2.35. The normalized spacial score (nSPS) is 17.1. The van der Waals surface area contributed by atoms with Crippen molar-refractivity contribution in [3.8, 4) is 11.8 Å². The van der Waals surface area contributed by atoms with E-state index in [0.717, 1.165) is 57.7 Å². The number of nitriles is 1. The minimum atomic E-state index is -0.590. The Morgan fingerprint density at radius 3 is 1.97 bits per heavy atom. The molecule has 1 aliphatic rings. The Kier molecular flexibility index (Phi) is 8.60. The largest absolute Gasteiger partial charge is 0.492 e. The Morgan fingerprint density at radius 2 is 1.44 bits per heavy atom. The van der Waals surface area contributed by atoms with Crippen molar-refractivity contribution in [2.45, 2.75) is 32.1 Å². The quantitative estimate of drug-likeness (QED) is 0.528. The number of rotatable bonds is 10. The Hall–Kier alpha value is -2.49. The number of ether oxygens (including phenoxy) is 1. The maximum Gasteiger partial charge on any atom is 0.123 e. The highest BCUT2D eigenvalue weighted by Crippen LogP contribution is 2.36. The predicted octanol–water partition coefficient (Wildman–Crippen LogP) is 4.86. The van der Waals surface area contributed by atoms with Crippen LogP contribution in [0.25, 0.3) is 0 Å². The van der Waals surface area contributed by atoms with Gasteiger partial charge >= 0.3 is 0 Å². The van der Waals surface area contributed by atoms with Crippen LogP contribution in [0.1, 0.15) is 32.3 Å². The van der Waals surface area contributed by atoms with Crippen LogP contribution in [0, 0.1) is 28.9 Å². The van der Waals surface area contributed by atoms with E-state index in [1.54, 1.807) is 24.3 Å². The van der Waals surface area contributed by atoms with E-state index < -0.39 is 5.41 Å². The second kappa shape index (κ2) is 11.4. The summed E-state index contributed by atoms with van der Waals surface area (Å²) in [5.41, 5.74) is 0.315. The molecule has 1 atom stereocenters. The molecule has 2 aromatic carbocycles. The van der Waals surface area contributed by atoms with Crippen LogP contribution in [0.2, 0.25) is 0 Å². The summed E-state index contributed by atoms with van der Waals surface area (Å²) in [6, 6.07) is 15.1. The smallest absolute Gasteiger partial charge is 0.123 e. The van der Waals surface area contributed by atoms with Gasteiger partial charge in [0.05, 0.1) is 11.5 Å². The zero-order valence-corrected chi connectivity index (χ0v) is 19.1. The summed E-state index contributed by atoms with van der Waals surface area (Å²) in [6.07, 6.45) is 1.69. The van der Waals surface area contributed by atoms with Crippen LogP contribution < -0.4 is 4.74 Å². The van der Waals surface area contributed by atoms with Crippen molar-refractivity contribution in [2.75, 3.05) is 45.9 Å². The molecule has 1 heterocycles. The molecule has 0 spiro atoms. The monoisotopic (exact) mass is 441 g/mol. The molecular weight excluding hydrogens is 408 g/mol. The summed E-state index contributed by atoms with van der Waals surface area (Å²) >= 11 is 0. The van der Waals surface area contributed by atoms with E-state index in [0.29, 0.717) is 12.4 Å². The summed E-state index contributed by atoms with van der Waals surface area (Å²) in [4.78, 5) is 4.83. The molecule has 2 aromatic rings. The van der Waals surface area contributed by atoms with Crippen LogP contribution >= 0.6 is 0 Å². The SMILES string of the molecule is CC(C)C(C#N)(CCCN1CCN(CCOc2ccc(F)cc2)CC1)c1ccc(F)cc1. The van der Waals surface area contributed by atoms with Crippen LogP contribution in [0.4, 0.5) is 8.78 Å². The Balaban J connectivity index is 1.41. The van der Waals surface area contributed by atoms with Gasteiger partial charge in [0.25, 0.3) is 0 Å². The van der Waals surface area contributed by atoms with Crippen molar-refractivity contribution in [3.63, 3.8) is 0 Å². The maximum absolute atomic E-state index is 13.4. The average molecular weight is 442 g/mol. The molecule has 0 aliphatic carbocycles. The predicted molar refractivity (Wildman–Crippen MR) is 123 cm³/mol. The van der Waals surface area contributed by atoms with Crippen LogP contribution in [0.15, 0.2) is 48.5 Å². The fourth-order valence-electron chi connectivity index (χ4n) is 4.40. The summed E-state index contributed by atoms with van der Waals surface area (Å²) in [5, 5.41) is 10.0. The van der Waals surface area contributed by atoms with Gasteiger partial charge in [-0.15, -0.1) is 0 Å². The number of benzene rings is 2. The van der Waals surface area contributed by atoms with Crippen LogP contribution in [-0.2, 0) is 5.41 Å². The van der Waals surface area contributed by atoms with E-state index in [1.165, 1.54) is 24.3 Å². The molecule has 0 amide bonds. The van der Waals surface area contributed by atoms with Crippen molar-refractivity contribution in [1.82, 2.24) is 9.80 Å². The van der Waals surface area contributed by atoms with Gasteiger partial charge in [-0.2, -0.15) is 5.26 Å². The Morgan fingerprint density at radius 1 is 0.906 bits per heavy atom. The van der Waals surface area contributed by atoms with Gasteiger partial charge in [0.1, 0.15) is 24.0 Å². The molecule has 1 fully saturated rings. The number of nitrogens with zero attached hydrogens (tertiary/aromatic N) is 3. The minimum Gasteiger partial charge on any atom is -0.492 e. The molecule has 3 rings (SSSR count). The molecule has 0 saturated carbocycles. The van der Waals surface area contributed by atoms with Gasteiger partial charge in [0.15, 0.2) is 0 Å². The summed E-state index contributed by atoms with van der Waals surface area (Å²) in [5.74, 6) is 0.310. The van der Waals surface area contributed by atoms with Gasteiger partial charge < -0.3 is 9.64 Å². The van der Waals surface area contributed by atoms with Crippen molar-refractivity contribution in [1.29, 1.82) is 5.26 Å². The van der Waals surface area contributed by atoms with E-state index in [-0.39, 0.29) is 17.6 Å². The topological polar surface area (TPSA) is 39.5 Å². The number of halogens is 2. The molecule has 1 saturated heterocycles. The Bertz CT molecular complexity index is 871. The molecule has 1 unspecified atom stereocenters. The van der Waals surface area contributed by atoms with Crippen LogP contribution in [0.5, 0.6) is 5.75 Å². The van der Waals surface area contributed by atoms with Gasteiger partial charge in [-0.3, -0.25) is 4.90 Å². The third-order valence-electron chi connectivity index (χ3n) is 6.54. The number of piperazine rings is 1. The first-order valence-corrected chi connectivity index (χ1v) is 11.4. The van der Waals surface area contributed by atoms with E-state index in [2.05, 4.69) is 29.7 Å². The standard InChI is InChI=1S/C26H33F2N3O/c1-21(2)26(20-29,22-4-6-23(27)7-5-22)12-3-13-30-14-16-31(17-15-30)18-19-32-25-10-8-24(28)9-11-25/h4-11,21H,3,12-19H2,1-2H3. The third kappa shape index (κ3) is 6.27. The van der Waals surface area contributed by atoms with Crippen molar-refractivity contribution >= 4 is 0 Å². The summed E-state index contributed by atoms with van der Waals surface area (Å²) < 4.78 is 32.0. The van der Waals surface area contributed by atoms with Crippen molar-refractivity contribution < 1.29 is 13.5 Å². The highest BCUT2D eigenvalue weighted by molar-refractivity contribution is 5.33. The first kappa shape index (κ1) is 24.2. The minimum absolute atomic E-state index is 0.149. The summed E-state index contributed by atoms with van der Waals surface area (Å²) in [6.45, 7) is 10.5. The van der Waals surface area contributed by atoms with Gasteiger partial charge in [-0.25, -0.2) is 8.78 Å². The van der Waals surface area contributed by atoms with Crippen LogP contribution in [0.3, 0.4) is 0 Å².